The second-order valence-corrected chi connectivity index (χ2v) is 8.03. The van der Waals surface area contributed by atoms with Crippen LogP contribution in [0.25, 0.3) is 9.88 Å². The number of rotatable bonds is 4. The molecule has 0 aromatic carbocycles. The molecule has 2 aromatic rings. The Balaban J connectivity index is 1.77. The van der Waals surface area contributed by atoms with Gasteiger partial charge in [-0.2, -0.15) is 0 Å². The first kappa shape index (κ1) is 17.1. The van der Waals surface area contributed by atoms with Gasteiger partial charge in [0.1, 0.15) is 16.2 Å². The number of amides is 1. The highest BCUT2D eigenvalue weighted by atomic mass is 32.1. The molecule has 0 bridgehead atoms. The lowest BCUT2D eigenvalue weighted by atomic mass is 9.77. The van der Waals surface area contributed by atoms with E-state index in [1.807, 2.05) is 17.5 Å². The van der Waals surface area contributed by atoms with Crippen LogP contribution < -0.4 is 5.32 Å². The lowest BCUT2D eigenvalue weighted by Crippen LogP contribution is -2.56. The number of hydrogen-bond donors (Lipinski definition) is 1. The molecule has 7 heteroatoms. The summed E-state index contributed by atoms with van der Waals surface area (Å²) < 4.78 is 4.96. The van der Waals surface area contributed by atoms with E-state index in [9.17, 15) is 9.59 Å². The number of nitrogens with zero attached hydrogens (tertiary/aromatic N) is 1. The number of aromatic nitrogens is 1. The number of ether oxygens (including phenoxy) is 1. The van der Waals surface area contributed by atoms with E-state index < -0.39 is 5.54 Å². The average molecular weight is 364 g/mol. The van der Waals surface area contributed by atoms with Crippen LogP contribution in [0.2, 0.25) is 0 Å². The first-order chi connectivity index (χ1) is 11.5. The number of carbonyl (C=O) groups is 2. The predicted octanol–water partition coefficient (Wildman–Crippen LogP) is 3.72. The second-order valence-electron chi connectivity index (χ2n) is 6.23. The van der Waals surface area contributed by atoms with Crippen LogP contribution in [0.1, 0.15) is 43.1 Å². The molecule has 5 nitrogen and oxygen atoms in total. The monoisotopic (exact) mass is 364 g/mol. The van der Waals surface area contributed by atoms with E-state index in [1.54, 1.807) is 16.7 Å². The van der Waals surface area contributed by atoms with Gasteiger partial charge in [-0.05, 0) is 43.0 Å². The van der Waals surface area contributed by atoms with Crippen molar-refractivity contribution in [3.63, 3.8) is 0 Å². The molecule has 1 saturated carbocycles. The SMILES string of the molecule is COC(=O)C1(NC(=O)c2csc(-c3cccs3)n2)CCC(C)CC1. The zero-order chi connectivity index (χ0) is 17.2. The highest BCUT2D eigenvalue weighted by Crippen LogP contribution is 2.33. The largest absolute Gasteiger partial charge is 0.467 e. The van der Waals surface area contributed by atoms with E-state index in [-0.39, 0.29) is 11.9 Å². The summed E-state index contributed by atoms with van der Waals surface area (Å²) in [5, 5.41) is 7.45. The van der Waals surface area contributed by atoms with Crippen molar-refractivity contribution in [1.82, 2.24) is 10.3 Å². The number of hydrogen-bond acceptors (Lipinski definition) is 6. The van der Waals surface area contributed by atoms with Gasteiger partial charge in [0.05, 0.1) is 12.0 Å². The Labute approximate surface area is 149 Å². The predicted molar refractivity (Wildman–Crippen MR) is 95.3 cm³/mol. The van der Waals surface area contributed by atoms with Crippen LogP contribution in [-0.4, -0.2) is 29.5 Å². The van der Waals surface area contributed by atoms with E-state index in [1.165, 1.54) is 18.4 Å². The first-order valence-corrected chi connectivity index (χ1v) is 9.70. The van der Waals surface area contributed by atoms with Gasteiger partial charge >= 0.3 is 5.97 Å². The van der Waals surface area contributed by atoms with Crippen LogP contribution in [0.3, 0.4) is 0 Å². The Kier molecular flexibility index (Phi) is 5.01. The fourth-order valence-electron chi connectivity index (χ4n) is 3.00. The fourth-order valence-corrected chi connectivity index (χ4v) is 4.62. The molecule has 0 unspecified atom stereocenters. The molecule has 1 aliphatic rings. The summed E-state index contributed by atoms with van der Waals surface area (Å²) in [6.07, 6.45) is 3.00. The summed E-state index contributed by atoms with van der Waals surface area (Å²) in [6.45, 7) is 2.16. The van der Waals surface area contributed by atoms with Crippen LogP contribution in [0, 0.1) is 5.92 Å². The highest BCUT2D eigenvalue weighted by Gasteiger charge is 2.43. The number of thiophene rings is 1. The van der Waals surface area contributed by atoms with Crippen LogP contribution in [-0.2, 0) is 9.53 Å². The molecule has 0 aliphatic heterocycles. The van der Waals surface area contributed by atoms with E-state index in [0.717, 1.165) is 22.7 Å². The number of nitrogens with one attached hydrogen (secondary N) is 1. The molecular weight excluding hydrogens is 344 g/mol. The Morgan fingerprint density at radius 2 is 2.08 bits per heavy atom. The van der Waals surface area contributed by atoms with Crippen LogP contribution in [0.4, 0.5) is 0 Å². The number of thiazole rings is 1. The maximum atomic E-state index is 12.6. The lowest BCUT2D eigenvalue weighted by molar-refractivity contribution is -0.150. The minimum Gasteiger partial charge on any atom is -0.467 e. The topological polar surface area (TPSA) is 68.3 Å². The van der Waals surface area contributed by atoms with E-state index in [4.69, 9.17) is 4.74 Å². The average Bonchev–Trinajstić information content (AvgIpc) is 3.27. The zero-order valence-electron chi connectivity index (χ0n) is 13.7. The minimum absolute atomic E-state index is 0.311. The van der Waals surface area contributed by atoms with Crippen molar-refractivity contribution in [2.75, 3.05) is 7.11 Å². The van der Waals surface area contributed by atoms with Gasteiger partial charge in [0.15, 0.2) is 0 Å². The quantitative estimate of drug-likeness (QED) is 0.840. The molecule has 0 atom stereocenters. The summed E-state index contributed by atoms with van der Waals surface area (Å²) in [6, 6.07) is 3.93. The highest BCUT2D eigenvalue weighted by molar-refractivity contribution is 7.20. The van der Waals surface area contributed by atoms with Gasteiger partial charge in [0.25, 0.3) is 5.91 Å². The van der Waals surface area contributed by atoms with Gasteiger partial charge in [-0.15, -0.1) is 22.7 Å². The van der Waals surface area contributed by atoms with Gasteiger partial charge < -0.3 is 10.1 Å². The van der Waals surface area contributed by atoms with E-state index in [0.29, 0.717) is 24.5 Å². The van der Waals surface area contributed by atoms with Crippen molar-refractivity contribution >= 4 is 34.6 Å². The van der Waals surface area contributed by atoms with Crippen molar-refractivity contribution in [2.45, 2.75) is 38.1 Å². The molecule has 1 N–H and O–H groups in total. The Bertz CT molecular complexity index is 716. The van der Waals surface area contributed by atoms with Gasteiger partial charge in [-0.1, -0.05) is 13.0 Å². The summed E-state index contributed by atoms with van der Waals surface area (Å²) in [5.41, 5.74) is -0.573. The minimum atomic E-state index is -0.926. The van der Waals surface area contributed by atoms with Gasteiger partial charge in [-0.25, -0.2) is 9.78 Å². The van der Waals surface area contributed by atoms with Crippen molar-refractivity contribution in [3.8, 4) is 9.88 Å². The molecule has 0 spiro atoms. The third kappa shape index (κ3) is 3.37. The van der Waals surface area contributed by atoms with Crippen LogP contribution >= 0.6 is 22.7 Å². The molecule has 0 radical (unpaired) electrons. The summed E-state index contributed by atoms with van der Waals surface area (Å²) >= 11 is 3.02. The molecule has 1 aliphatic carbocycles. The molecule has 0 saturated heterocycles. The molecular formula is C17H20N2O3S2. The summed E-state index contributed by atoms with van der Waals surface area (Å²) in [4.78, 5) is 30.4. The normalized spacial score (nSPS) is 23.7. The second kappa shape index (κ2) is 7.03. The number of methoxy groups -OCH3 is 1. The maximum Gasteiger partial charge on any atom is 0.331 e. The molecule has 2 heterocycles. The fraction of sp³-hybridized carbons (Fsp3) is 0.471. The van der Waals surface area contributed by atoms with E-state index in [2.05, 4.69) is 17.2 Å². The zero-order valence-corrected chi connectivity index (χ0v) is 15.3. The molecule has 2 aromatic heterocycles. The van der Waals surface area contributed by atoms with E-state index >= 15 is 0 Å². The Hall–Kier alpha value is -1.73. The van der Waals surface area contributed by atoms with Gasteiger partial charge in [0.2, 0.25) is 0 Å². The molecule has 1 amide bonds. The summed E-state index contributed by atoms with van der Waals surface area (Å²) in [5.74, 6) is -0.116. The first-order valence-electron chi connectivity index (χ1n) is 7.94. The Morgan fingerprint density at radius 1 is 1.33 bits per heavy atom. The van der Waals surface area contributed by atoms with Gasteiger partial charge in [0, 0.05) is 5.38 Å². The lowest BCUT2D eigenvalue weighted by Gasteiger charge is -2.37. The smallest absolute Gasteiger partial charge is 0.331 e. The van der Waals surface area contributed by atoms with Crippen LogP contribution in [0.15, 0.2) is 22.9 Å². The van der Waals surface area contributed by atoms with Crippen LogP contribution in [0.5, 0.6) is 0 Å². The Morgan fingerprint density at radius 3 is 2.71 bits per heavy atom. The molecule has 3 rings (SSSR count). The molecule has 24 heavy (non-hydrogen) atoms. The number of esters is 1. The van der Waals surface area contributed by atoms with Crippen molar-refractivity contribution < 1.29 is 14.3 Å². The third-order valence-corrected chi connectivity index (χ3v) is 6.41. The summed E-state index contributed by atoms with van der Waals surface area (Å²) in [7, 11) is 1.37. The van der Waals surface area contributed by atoms with Crippen molar-refractivity contribution in [2.24, 2.45) is 5.92 Å². The molecule has 128 valence electrons. The van der Waals surface area contributed by atoms with Crippen molar-refractivity contribution in [3.05, 3.63) is 28.6 Å². The standard InChI is InChI=1S/C17H20N2O3S2/c1-11-5-7-17(8-6-11,16(21)22-2)19-14(20)12-10-24-15(18-12)13-4-3-9-23-13/h3-4,9-11H,5-8H2,1-2H3,(H,19,20). The molecule has 1 fully saturated rings. The van der Waals surface area contributed by atoms with Crippen molar-refractivity contribution in [1.29, 1.82) is 0 Å². The maximum absolute atomic E-state index is 12.6. The third-order valence-electron chi connectivity index (χ3n) is 4.53. The number of carbonyl (C=O) groups excluding carboxylic acids is 2. The van der Waals surface area contributed by atoms with Gasteiger partial charge in [-0.3, -0.25) is 4.79 Å².